The molecule has 3 rings (SSSR count). The van der Waals surface area contributed by atoms with E-state index in [0.717, 1.165) is 30.2 Å². The first kappa shape index (κ1) is 13.5. The van der Waals surface area contributed by atoms with Crippen molar-refractivity contribution in [2.24, 2.45) is 0 Å². The molecule has 0 unspecified atom stereocenters. The maximum atomic E-state index is 13.2. The maximum absolute atomic E-state index is 13.2. The summed E-state index contributed by atoms with van der Waals surface area (Å²) in [5.41, 5.74) is 2.15. The fourth-order valence-electron chi connectivity index (χ4n) is 2.67. The summed E-state index contributed by atoms with van der Waals surface area (Å²) in [7, 11) is 1.58. The number of halogens is 1. The summed E-state index contributed by atoms with van der Waals surface area (Å²) in [6, 6.07) is 8.42. The molecular weight excluding hydrogens is 271 g/mol. The number of aryl methyl sites for hydroxylation is 1. The Bertz CT molecular complexity index is 673. The number of hydrogen-bond acceptors (Lipinski definition) is 3. The quantitative estimate of drug-likeness (QED) is 0.797. The number of benzene rings is 1. The van der Waals surface area contributed by atoms with E-state index >= 15 is 0 Å². The van der Waals surface area contributed by atoms with Gasteiger partial charge in [0.15, 0.2) is 0 Å². The number of pyridine rings is 1. The van der Waals surface area contributed by atoms with Crippen molar-refractivity contribution < 1.29 is 13.9 Å². The van der Waals surface area contributed by atoms with Crippen LogP contribution in [0, 0.1) is 5.95 Å². The highest BCUT2D eigenvalue weighted by molar-refractivity contribution is 6.07. The molecule has 0 bridgehead atoms. The number of rotatable bonds is 2. The van der Waals surface area contributed by atoms with Gasteiger partial charge in [-0.15, -0.1) is 0 Å². The first-order valence-electron chi connectivity index (χ1n) is 6.80. The van der Waals surface area contributed by atoms with Gasteiger partial charge >= 0.3 is 0 Å². The molecule has 2 heterocycles. The molecule has 5 heteroatoms. The van der Waals surface area contributed by atoms with Crippen molar-refractivity contribution in [2.75, 3.05) is 18.6 Å². The van der Waals surface area contributed by atoms with Crippen LogP contribution in [0.3, 0.4) is 0 Å². The summed E-state index contributed by atoms with van der Waals surface area (Å²) in [5, 5.41) is 0. The van der Waals surface area contributed by atoms with E-state index in [9.17, 15) is 9.18 Å². The molecule has 1 amide bonds. The van der Waals surface area contributed by atoms with Crippen molar-refractivity contribution in [3.8, 4) is 5.75 Å². The predicted molar refractivity (Wildman–Crippen MR) is 77.2 cm³/mol. The number of carbonyl (C=O) groups excluding carboxylic acids is 1. The summed E-state index contributed by atoms with van der Waals surface area (Å²) in [4.78, 5) is 17.8. The lowest BCUT2D eigenvalue weighted by molar-refractivity contribution is 0.0983. The van der Waals surface area contributed by atoms with Gasteiger partial charge in [-0.3, -0.25) is 4.79 Å². The number of amides is 1. The predicted octanol–water partition coefficient (Wildman–Crippen LogP) is 2.82. The second kappa shape index (κ2) is 5.52. The lowest BCUT2D eigenvalue weighted by Crippen LogP contribution is -2.35. The topological polar surface area (TPSA) is 42.4 Å². The number of carbonyl (C=O) groups is 1. The Kier molecular flexibility index (Phi) is 3.56. The molecule has 0 aliphatic carbocycles. The van der Waals surface area contributed by atoms with Crippen LogP contribution in [0.2, 0.25) is 0 Å². The van der Waals surface area contributed by atoms with Crippen LogP contribution in [0.25, 0.3) is 0 Å². The monoisotopic (exact) mass is 286 g/mol. The van der Waals surface area contributed by atoms with Crippen molar-refractivity contribution in [3.63, 3.8) is 0 Å². The van der Waals surface area contributed by atoms with E-state index in [2.05, 4.69) is 4.98 Å². The minimum atomic E-state index is -0.655. The average Bonchev–Trinajstić information content (AvgIpc) is 2.53. The van der Waals surface area contributed by atoms with Crippen LogP contribution in [0.15, 0.2) is 36.5 Å². The summed E-state index contributed by atoms with van der Waals surface area (Å²) >= 11 is 0. The maximum Gasteiger partial charge on any atom is 0.258 e. The number of anilines is 1. The fourth-order valence-corrected chi connectivity index (χ4v) is 2.67. The Morgan fingerprint density at radius 2 is 2.24 bits per heavy atom. The number of hydrogen-bond donors (Lipinski definition) is 0. The highest BCUT2D eigenvalue weighted by atomic mass is 19.1. The van der Waals surface area contributed by atoms with E-state index in [-0.39, 0.29) is 5.91 Å². The van der Waals surface area contributed by atoms with E-state index in [0.29, 0.717) is 17.9 Å². The van der Waals surface area contributed by atoms with Crippen molar-refractivity contribution in [1.82, 2.24) is 4.98 Å². The molecule has 0 saturated carbocycles. The van der Waals surface area contributed by atoms with Gasteiger partial charge < -0.3 is 9.64 Å². The smallest absolute Gasteiger partial charge is 0.258 e. The van der Waals surface area contributed by atoms with Crippen LogP contribution in [-0.2, 0) is 6.42 Å². The summed E-state index contributed by atoms with van der Waals surface area (Å²) in [5.74, 6) is -0.227. The third kappa shape index (κ3) is 2.46. The summed E-state index contributed by atoms with van der Waals surface area (Å²) in [6.45, 7) is 0.593. The molecule has 2 aromatic rings. The molecule has 1 aromatic heterocycles. The van der Waals surface area contributed by atoms with E-state index in [1.54, 1.807) is 12.0 Å². The molecule has 0 atom stereocenters. The minimum Gasteiger partial charge on any atom is -0.495 e. The fraction of sp³-hybridized carbons (Fsp3) is 0.250. The van der Waals surface area contributed by atoms with Crippen LogP contribution >= 0.6 is 0 Å². The van der Waals surface area contributed by atoms with Crippen LogP contribution in [-0.4, -0.2) is 24.5 Å². The normalized spacial score (nSPS) is 13.7. The van der Waals surface area contributed by atoms with E-state index in [1.165, 1.54) is 12.3 Å². The van der Waals surface area contributed by atoms with Gasteiger partial charge in [-0.1, -0.05) is 12.1 Å². The van der Waals surface area contributed by atoms with E-state index in [4.69, 9.17) is 4.74 Å². The number of methoxy groups -OCH3 is 1. The van der Waals surface area contributed by atoms with Gasteiger partial charge in [0.25, 0.3) is 5.91 Å². The zero-order valence-corrected chi connectivity index (χ0v) is 11.7. The Labute approximate surface area is 122 Å². The van der Waals surface area contributed by atoms with Gasteiger partial charge in [0.05, 0.1) is 12.8 Å². The molecule has 1 aliphatic heterocycles. The highest BCUT2D eigenvalue weighted by Crippen LogP contribution is 2.36. The number of nitrogens with zero attached hydrogens (tertiary/aromatic N) is 2. The lowest BCUT2D eigenvalue weighted by Gasteiger charge is -2.31. The lowest BCUT2D eigenvalue weighted by atomic mass is 10.00. The zero-order chi connectivity index (χ0) is 14.8. The van der Waals surface area contributed by atoms with Gasteiger partial charge in [-0.05, 0) is 30.5 Å². The molecular formula is C16H15FN2O2. The van der Waals surface area contributed by atoms with Crippen molar-refractivity contribution in [1.29, 1.82) is 0 Å². The molecule has 0 radical (unpaired) electrons. The van der Waals surface area contributed by atoms with Crippen LogP contribution < -0.4 is 9.64 Å². The third-order valence-corrected chi connectivity index (χ3v) is 3.62. The molecule has 0 spiro atoms. The van der Waals surface area contributed by atoms with Gasteiger partial charge in [0.2, 0.25) is 5.95 Å². The van der Waals surface area contributed by atoms with Gasteiger partial charge in [0.1, 0.15) is 5.75 Å². The summed E-state index contributed by atoms with van der Waals surface area (Å²) in [6.07, 6.45) is 3.08. The molecule has 108 valence electrons. The third-order valence-electron chi connectivity index (χ3n) is 3.62. The second-order valence-corrected chi connectivity index (χ2v) is 4.90. The number of ether oxygens (including phenoxy) is 1. The van der Waals surface area contributed by atoms with Gasteiger partial charge in [0, 0.05) is 24.4 Å². The molecule has 4 nitrogen and oxygen atoms in total. The molecule has 0 saturated heterocycles. The number of fused-ring (bicyclic) bond motifs is 1. The SMILES string of the molecule is COc1cccc2c1N(C(=O)c1ccnc(F)c1)CCC2. The largest absolute Gasteiger partial charge is 0.495 e. The van der Waals surface area contributed by atoms with Crippen LogP contribution in [0.4, 0.5) is 10.1 Å². The van der Waals surface area contributed by atoms with Gasteiger partial charge in [-0.2, -0.15) is 4.39 Å². The zero-order valence-electron chi connectivity index (χ0n) is 11.7. The van der Waals surface area contributed by atoms with Crippen molar-refractivity contribution in [3.05, 3.63) is 53.6 Å². The number of aromatic nitrogens is 1. The second-order valence-electron chi connectivity index (χ2n) is 4.90. The number of para-hydroxylation sites is 1. The summed E-state index contributed by atoms with van der Waals surface area (Å²) < 4.78 is 18.6. The minimum absolute atomic E-state index is 0.234. The first-order valence-corrected chi connectivity index (χ1v) is 6.80. The Hall–Kier alpha value is -2.43. The first-order chi connectivity index (χ1) is 10.2. The highest BCUT2D eigenvalue weighted by Gasteiger charge is 2.26. The van der Waals surface area contributed by atoms with E-state index in [1.807, 2.05) is 18.2 Å². The Morgan fingerprint density at radius 3 is 3.00 bits per heavy atom. The molecule has 0 N–H and O–H groups in total. The molecule has 21 heavy (non-hydrogen) atoms. The molecule has 1 aliphatic rings. The van der Waals surface area contributed by atoms with Crippen LogP contribution in [0.1, 0.15) is 22.3 Å². The molecule has 0 fully saturated rings. The van der Waals surface area contributed by atoms with Crippen molar-refractivity contribution >= 4 is 11.6 Å². The van der Waals surface area contributed by atoms with Crippen molar-refractivity contribution in [2.45, 2.75) is 12.8 Å². The standard InChI is InChI=1S/C16H15FN2O2/c1-21-13-6-2-4-11-5-3-9-19(15(11)13)16(20)12-7-8-18-14(17)10-12/h2,4,6-8,10H,3,5,9H2,1H3. The average molecular weight is 286 g/mol. The molecule has 1 aromatic carbocycles. The van der Waals surface area contributed by atoms with Gasteiger partial charge in [-0.25, -0.2) is 4.98 Å². The van der Waals surface area contributed by atoms with E-state index < -0.39 is 5.95 Å². The van der Waals surface area contributed by atoms with Crippen LogP contribution in [0.5, 0.6) is 5.75 Å². The Balaban J connectivity index is 2.04. The Morgan fingerprint density at radius 1 is 1.38 bits per heavy atom.